The van der Waals surface area contributed by atoms with Gasteiger partial charge >= 0.3 is 0 Å². The summed E-state index contributed by atoms with van der Waals surface area (Å²) >= 11 is 0. The lowest BCUT2D eigenvalue weighted by atomic mass is 9.94. The lowest BCUT2D eigenvalue weighted by Crippen LogP contribution is -2.40. The summed E-state index contributed by atoms with van der Waals surface area (Å²) in [6, 6.07) is 4.95. The highest BCUT2D eigenvalue weighted by molar-refractivity contribution is 5.26. The van der Waals surface area contributed by atoms with E-state index in [0.29, 0.717) is 6.54 Å². The zero-order chi connectivity index (χ0) is 14.4. The van der Waals surface area contributed by atoms with Crippen molar-refractivity contribution < 1.29 is 9.50 Å². The van der Waals surface area contributed by atoms with Crippen molar-refractivity contribution in [2.24, 2.45) is 0 Å². The zero-order valence-electron chi connectivity index (χ0n) is 12.4. The SMILES string of the molecule is Cc1cc(F)ccc1CCNCC1(O)CCCCCC1. The van der Waals surface area contributed by atoms with Crippen molar-refractivity contribution in [2.75, 3.05) is 13.1 Å². The van der Waals surface area contributed by atoms with Crippen LogP contribution in [0.2, 0.25) is 0 Å². The van der Waals surface area contributed by atoms with Crippen LogP contribution in [-0.2, 0) is 6.42 Å². The van der Waals surface area contributed by atoms with Gasteiger partial charge in [-0.3, -0.25) is 0 Å². The molecule has 2 nitrogen and oxygen atoms in total. The van der Waals surface area contributed by atoms with Gasteiger partial charge in [0.1, 0.15) is 5.82 Å². The lowest BCUT2D eigenvalue weighted by molar-refractivity contribution is 0.0256. The second kappa shape index (κ2) is 7.19. The molecule has 0 bridgehead atoms. The van der Waals surface area contributed by atoms with E-state index in [9.17, 15) is 9.50 Å². The predicted molar refractivity (Wildman–Crippen MR) is 80.4 cm³/mol. The monoisotopic (exact) mass is 279 g/mol. The van der Waals surface area contributed by atoms with Crippen LogP contribution in [0.1, 0.15) is 49.7 Å². The lowest BCUT2D eigenvalue weighted by Gasteiger charge is -2.27. The molecule has 1 aromatic carbocycles. The normalized spacial score (nSPS) is 18.8. The number of hydrogen-bond acceptors (Lipinski definition) is 2. The first kappa shape index (κ1) is 15.5. The number of rotatable bonds is 5. The van der Waals surface area contributed by atoms with Crippen molar-refractivity contribution in [1.29, 1.82) is 0 Å². The third kappa shape index (κ3) is 4.57. The minimum Gasteiger partial charge on any atom is -0.389 e. The minimum atomic E-state index is -0.520. The maximum atomic E-state index is 13.0. The van der Waals surface area contributed by atoms with Crippen LogP contribution in [0.15, 0.2) is 18.2 Å². The van der Waals surface area contributed by atoms with Gasteiger partial charge < -0.3 is 10.4 Å². The van der Waals surface area contributed by atoms with Crippen LogP contribution in [0.4, 0.5) is 4.39 Å². The fraction of sp³-hybridized carbons (Fsp3) is 0.647. The summed E-state index contributed by atoms with van der Waals surface area (Å²) in [5.74, 6) is -0.174. The highest BCUT2D eigenvalue weighted by atomic mass is 19.1. The number of halogens is 1. The number of aliphatic hydroxyl groups is 1. The quantitative estimate of drug-likeness (QED) is 0.640. The van der Waals surface area contributed by atoms with Crippen LogP contribution >= 0.6 is 0 Å². The molecule has 20 heavy (non-hydrogen) atoms. The standard InChI is InChI=1S/C17H26FNO/c1-14-12-16(18)7-6-15(14)8-11-19-13-17(20)9-4-2-3-5-10-17/h6-7,12,19-20H,2-5,8-11,13H2,1H3. The van der Waals surface area contributed by atoms with Gasteiger partial charge in [0.2, 0.25) is 0 Å². The molecule has 2 rings (SSSR count). The number of aryl methyl sites for hydroxylation is 1. The van der Waals surface area contributed by atoms with E-state index in [1.807, 2.05) is 13.0 Å². The summed E-state index contributed by atoms with van der Waals surface area (Å²) in [5.41, 5.74) is 1.65. The molecule has 0 amide bonds. The summed E-state index contributed by atoms with van der Waals surface area (Å²) in [4.78, 5) is 0. The fourth-order valence-corrected chi connectivity index (χ4v) is 3.05. The molecule has 0 aliphatic heterocycles. The van der Waals surface area contributed by atoms with E-state index < -0.39 is 5.60 Å². The van der Waals surface area contributed by atoms with E-state index in [-0.39, 0.29) is 5.82 Å². The van der Waals surface area contributed by atoms with Crippen LogP contribution in [0, 0.1) is 12.7 Å². The van der Waals surface area contributed by atoms with Gasteiger partial charge in [0, 0.05) is 6.54 Å². The van der Waals surface area contributed by atoms with Crippen LogP contribution in [0.5, 0.6) is 0 Å². The second-order valence-corrected chi connectivity index (χ2v) is 6.14. The topological polar surface area (TPSA) is 32.3 Å². The van der Waals surface area contributed by atoms with Crippen molar-refractivity contribution >= 4 is 0 Å². The van der Waals surface area contributed by atoms with E-state index >= 15 is 0 Å². The smallest absolute Gasteiger partial charge is 0.123 e. The maximum Gasteiger partial charge on any atom is 0.123 e. The van der Waals surface area contributed by atoms with Gasteiger partial charge in [-0.05, 0) is 56.0 Å². The van der Waals surface area contributed by atoms with E-state index in [1.54, 1.807) is 6.07 Å². The number of hydrogen-bond donors (Lipinski definition) is 2. The Morgan fingerprint density at radius 3 is 2.55 bits per heavy atom. The Bertz CT molecular complexity index is 425. The first-order valence-electron chi connectivity index (χ1n) is 7.77. The van der Waals surface area contributed by atoms with Crippen molar-refractivity contribution in [3.63, 3.8) is 0 Å². The first-order chi connectivity index (χ1) is 9.59. The minimum absolute atomic E-state index is 0.174. The van der Waals surface area contributed by atoms with Crippen LogP contribution in [-0.4, -0.2) is 23.8 Å². The molecule has 1 fully saturated rings. The highest BCUT2D eigenvalue weighted by Crippen LogP contribution is 2.26. The Morgan fingerprint density at radius 2 is 1.90 bits per heavy atom. The molecule has 1 aliphatic rings. The van der Waals surface area contributed by atoms with Crippen LogP contribution in [0.3, 0.4) is 0 Å². The molecule has 0 saturated heterocycles. The van der Waals surface area contributed by atoms with Crippen LogP contribution in [0.25, 0.3) is 0 Å². The molecule has 0 heterocycles. The number of benzene rings is 1. The van der Waals surface area contributed by atoms with E-state index in [1.165, 1.54) is 24.5 Å². The molecule has 1 saturated carbocycles. The molecule has 0 unspecified atom stereocenters. The molecular weight excluding hydrogens is 253 g/mol. The van der Waals surface area contributed by atoms with Gasteiger partial charge in [-0.2, -0.15) is 0 Å². The Labute approximate surface area is 121 Å². The third-order valence-corrected chi connectivity index (χ3v) is 4.36. The van der Waals surface area contributed by atoms with Gasteiger partial charge in [-0.15, -0.1) is 0 Å². The molecule has 0 radical (unpaired) electrons. The average molecular weight is 279 g/mol. The Kier molecular flexibility index (Phi) is 5.55. The van der Waals surface area contributed by atoms with Gasteiger partial charge in [0.05, 0.1) is 5.60 Å². The van der Waals surface area contributed by atoms with Gasteiger partial charge in [0.25, 0.3) is 0 Å². The Balaban J connectivity index is 1.75. The molecule has 0 spiro atoms. The average Bonchev–Trinajstić information content (AvgIpc) is 2.62. The first-order valence-corrected chi connectivity index (χ1v) is 7.77. The van der Waals surface area contributed by atoms with E-state index in [2.05, 4.69) is 5.32 Å². The zero-order valence-corrected chi connectivity index (χ0v) is 12.4. The third-order valence-electron chi connectivity index (χ3n) is 4.36. The summed E-state index contributed by atoms with van der Waals surface area (Å²) in [7, 11) is 0. The molecule has 2 N–H and O–H groups in total. The predicted octanol–water partition coefficient (Wildman–Crippen LogP) is 3.35. The summed E-state index contributed by atoms with van der Waals surface area (Å²) in [5, 5.41) is 13.9. The van der Waals surface area contributed by atoms with Crippen molar-refractivity contribution in [1.82, 2.24) is 5.32 Å². The summed E-state index contributed by atoms with van der Waals surface area (Å²) in [6.07, 6.45) is 7.46. The summed E-state index contributed by atoms with van der Waals surface area (Å²) < 4.78 is 13.0. The molecule has 1 aliphatic carbocycles. The molecule has 112 valence electrons. The van der Waals surface area contributed by atoms with E-state index in [4.69, 9.17) is 0 Å². The number of nitrogens with one attached hydrogen (secondary N) is 1. The second-order valence-electron chi connectivity index (χ2n) is 6.14. The van der Waals surface area contributed by atoms with Crippen molar-refractivity contribution in [3.05, 3.63) is 35.1 Å². The molecule has 1 aromatic rings. The summed E-state index contributed by atoms with van der Waals surface area (Å²) in [6.45, 7) is 3.44. The Hall–Kier alpha value is -0.930. The van der Waals surface area contributed by atoms with E-state index in [0.717, 1.165) is 44.2 Å². The molecule has 0 aromatic heterocycles. The highest BCUT2D eigenvalue weighted by Gasteiger charge is 2.27. The maximum absolute atomic E-state index is 13.0. The van der Waals surface area contributed by atoms with Crippen LogP contribution < -0.4 is 5.32 Å². The van der Waals surface area contributed by atoms with Gasteiger partial charge in [-0.1, -0.05) is 31.7 Å². The molecule has 0 atom stereocenters. The Morgan fingerprint density at radius 1 is 1.20 bits per heavy atom. The fourth-order valence-electron chi connectivity index (χ4n) is 3.05. The van der Waals surface area contributed by atoms with Gasteiger partial charge in [-0.25, -0.2) is 4.39 Å². The van der Waals surface area contributed by atoms with Gasteiger partial charge in [0.15, 0.2) is 0 Å². The van der Waals surface area contributed by atoms with Crippen molar-refractivity contribution in [3.8, 4) is 0 Å². The molecular formula is C17H26FNO. The largest absolute Gasteiger partial charge is 0.389 e. The van der Waals surface area contributed by atoms with Crippen molar-refractivity contribution in [2.45, 2.75) is 57.5 Å². The molecule has 3 heteroatoms.